The number of thioether (sulfide) groups is 1. The molecule has 22 heavy (non-hydrogen) atoms. The van der Waals surface area contributed by atoms with E-state index in [1.165, 1.54) is 17.8 Å². The lowest BCUT2D eigenvalue weighted by Gasteiger charge is -2.07. The number of rotatable bonds is 5. The summed E-state index contributed by atoms with van der Waals surface area (Å²) in [7, 11) is 0. The molecule has 1 amide bonds. The number of nitrogen functional groups attached to an aromatic ring is 2. The van der Waals surface area contributed by atoms with E-state index in [-0.39, 0.29) is 12.3 Å². The predicted molar refractivity (Wildman–Crippen MR) is 91.3 cm³/mol. The number of aromatic nitrogens is 2. The average molecular weight is 358 g/mol. The van der Waals surface area contributed by atoms with E-state index >= 15 is 0 Å². The maximum atomic E-state index is 11.9. The van der Waals surface area contributed by atoms with Crippen molar-refractivity contribution in [1.29, 1.82) is 0 Å². The lowest BCUT2D eigenvalue weighted by atomic mass is 10.3. The van der Waals surface area contributed by atoms with Gasteiger partial charge < -0.3 is 16.8 Å². The van der Waals surface area contributed by atoms with Gasteiger partial charge in [-0.05, 0) is 18.2 Å². The molecule has 0 unspecified atom stereocenters. The molecular formula is C13H13Cl2N5OS. The Morgan fingerprint density at radius 3 is 2.50 bits per heavy atom. The SMILES string of the molecule is Nc1cc(N)nc(SCCC(=O)Nc2ccc(Cl)cc2Cl)n1. The normalized spacial score (nSPS) is 10.5. The predicted octanol–water partition coefficient (Wildman–Crippen LogP) is 3.07. The van der Waals surface area contributed by atoms with Crippen molar-refractivity contribution in [3.63, 3.8) is 0 Å². The summed E-state index contributed by atoms with van der Waals surface area (Å²) in [6.45, 7) is 0. The Balaban J connectivity index is 1.85. The molecule has 1 heterocycles. The zero-order chi connectivity index (χ0) is 16.1. The van der Waals surface area contributed by atoms with Crippen LogP contribution >= 0.6 is 35.0 Å². The van der Waals surface area contributed by atoms with Crippen LogP contribution in [0.4, 0.5) is 17.3 Å². The Morgan fingerprint density at radius 2 is 1.86 bits per heavy atom. The highest BCUT2D eigenvalue weighted by molar-refractivity contribution is 7.99. The van der Waals surface area contributed by atoms with Crippen LogP contribution in [0.5, 0.6) is 0 Å². The van der Waals surface area contributed by atoms with Crippen molar-refractivity contribution in [1.82, 2.24) is 9.97 Å². The van der Waals surface area contributed by atoms with Crippen molar-refractivity contribution in [3.8, 4) is 0 Å². The van der Waals surface area contributed by atoms with Gasteiger partial charge in [-0.25, -0.2) is 9.97 Å². The van der Waals surface area contributed by atoms with Crippen LogP contribution in [0.3, 0.4) is 0 Å². The van der Waals surface area contributed by atoms with Crippen LogP contribution in [0, 0.1) is 0 Å². The minimum atomic E-state index is -0.173. The van der Waals surface area contributed by atoms with Crippen molar-refractivity contribution >= 4 is 58.2 Å². The summed E-state index contributed by atoms with van der Waals surface area (Å²) in [6.07, 6.45) is 0.266. The highest BCUT2D eigenvalue weighted by Gasteiger charge is 2.08. The molecular weight excluding hydrogens is 345 g/mol. The van der Waals surface area contributed by atoms with E-state index in [1.54, 1.807) is 18.2 Å². The van der Waals surface area contributed by atoms with Crippen LogP contribution in [0.25, 0.3) is 0 Å². The molecule has 1 aromatic heterocycles. The highest BCUT2D eigenvalue weighted by Crippen LogP contribution is 2.25. The number of hydrogen-bond acceptors (Lipinski definition) is 6. The number of benzene rings is 1. The van der Waals surface area contributed by atoms with E-state index in [2.05, 4.69) is 15.3 Å². The number of halogens is 2. The number of nitrogens with one attached hydrogen (secondary N) is 1. The van der Waals surface area contributed by atoms with Gasteiger partial charge in [0.25, 0.3) is 0 Å². The van der Waals surface area contributed by atoms with Crippen molar-refractivity contribution < 1.29 is 4.79 Å². The highest BCUT2D eigenvalue weighted by atomic mass is 35.5. The van der Waals surface area contributed by atoms with E-state index in [4.69, 9.17) is 34.7 Å². The lowest BCUT2D eigenvalue weighted by Crippen LogP contribution is -2.12. The molecule has 0 atom stereocenters. The number of carbonyl (C=O) groups is 1. The Bertz CT molecular complexity index is 678. The van der Waals surface area contributed by atoms with Gasteiger partial charge in [0, 0.05) is 23.3 Å². The third-order valence-corrected chi connectivity index (χ3v) is 3.91. The summed E-state index contributed by atoms with van der Waals surface area (Å²) in [5, 5.41) is 4.05. The second kappa shape index (κ2) is 7.53. The second-order valence-corrected chi connectivity index (χ2v) is 6.18. The first-order valence-corrected chi connectivity index (χ1v) is 7.96. The number of hydrogen-bond donors (Lipinski definition) is 3. The smallest absolute Gasteiger partial charge is 0.225 e. The molecule has 0 fully saturated rings. The first kappa shape index (κ1) is 16.7. The Morgan fingerprint density at radius 1 is 1.18 bits per heavy atom. The molecule has 0 spiro atoms. The minimum Gasteiger partial charge on any atom is -0.383 e. The van der Waals surface area contributed by atoms with Crippen LogP contribution in [0.1, 0.15) is 6.42 Å². The van der Waals surface area contributed by atoms with Crippen molar-refractivity contribution in [2.24, 2.45) is 0 Å². The molecule has 0 saturated carbocycles. The largest absolute Gasteiger partial charge is 0.383 e. The first-order chi connectivity index (χ1) is 10.4. The Hall–Kier alpha value is -1.70. The van der Waals surface area contributed by atoms with Crippen LogP contribution in [-0.4, -0.2) is 21.6 Å². The van der Waals surface area contributed by atoms with Gasteiger partial charge in [0.2, 0.25) is 5.91 Å². The maximum absolute atomic E-state index is 11.9. The second-order valence-electron chi connectivity index (χ2n) is 4.27. The van der Waals surface area contributed by atoms with Gasteiger partial charge >= 0.3 is 0 Å². The monoisotopic (exact) mass is 357 g/mol. The Labute approximate surface area is 141 Å². The number of carbonyl (C=O) groups excluding carboxylic acids is 1. The Kier molecular flexibility index (Phi) is 5.70. The fourth-order valence-electron chi connectivity index (χ4n) is 1.57. The molecule has 0 radical (unpaired) electrons. The van der Waals surface area contributed by atoms with Gasteiger partial charge in [0.1, 0.15) is 11.6 Å². The van der Waals surface area contributed by atoms with E-state index in [0.29, 0.717) is 38.3 Å². The number of amides is 1. The topological polar surface area (TPSA) is 107 Å². The van der Waals surface area contributed by atoms with Gasteiger partial charge in [-0.3, -0.25) is 4.79 Å². The van der Waals surface area contributed by atoms with E-state index < -0.39 is 0 Å². The zero-order valence-corrected chi connectivity index (χ0v) is 13.7. The molecule has 0 aliphatic heterocycles. The third kappa shape index (κ3) is 4.94. The molecule has 2 aromatic rings. The molecule has 0 saturated heterocycles. The zero-order valence-electron chi connectivity index (χ0n) is 11.3. The molecule has 9 heteroatoms. The van der Waals surface area contributed by atoms with Gasteiger partial charge in [0.15, 0.2) is 5.16 Å². The summed E-state index contributed by atoms with van der Waals surface area (Å²) >= 11 is 13.1. The summed E-state index contributed by atoms with van der Waals surface area (Å²) in [5.74, 6) is 0.910. The van der Waals surface area contributed by atoms with Gasteiger partial charge in [-0.1, -0.05) is 35.0 Å². The average Bonchev–Trinajstić information content (AvgIpc) is 2.41. The number of nitrogens with two attached hydrogens (primary N) is 2. The maximum Gasteiger partial charge on any atom is 0.225 e. The summed E-state index contributed by atoms with van der Waals surface area (Å²) < 4.78 is 0. The van der Waals surface area contributed by atoms with E-state index in [1.807, 2.05) is 0 Å². The number of nitrogens with zero attached hydrogens (tertiary/aromatic N) is 2. The van der Waals surface area contributed by atoms with Crippen LogP contribution in [0.2, 0.25) is 10.0 Å². The third-order valence-electron chi connectivity index (χ3n) is 2.51. The van der Waals surface area contributed by atoms with Crippen LogP contribution in [-0.2, 0) is 4.79 Å². The van der Waals surface area contributed by atoms with Gasteiger partial charge in [0.05, 0.1) is 10.7 Å². The minimum absolute atomic E-state index is 0.173. The van der Waals surface area contributed by atoms with Crippen molar-refractivity contribution in [2.45, 2.75) is 11.6 Å². The molecule has 116 valence electrons. The molecule has 1 aromatic carbocycles. The summed E-state index contributed by atoms with van der Waals surface area (Å²) in [4.78, 5) is 19.9. The molecule has 0 aliphatic carbocycles. The standard InChI is InChI=1S/C13H13Cl2N5OS/c14-7-1-2-9(8(15)5-7)18-12(21)3-4-22-13-19-10(16)6-11(17)20-13/h1-2,5-6H,3-4H2,(H,18,21)(H4,16,17,19,20). The van der Waals surface area contributed by atoms with Crippen LogP contribution < -0.4 is 16.8 Å². The fourth-order valence-corrected chi connectivity index (χ4v) is 2.83. The van der Waals surface area contributed by atoms with E-state index in [9.17, 15) is 4.79 Å². The summed E-state index contributed by atoms with van der Waals surface area (Å²) in [6, 6.07) is 6.34. The summed E-state index contributed by atoms with van der Waals surface area (Å²) in [5.41, 5.74) is 11.7. The van der Waals surface area contributed by atoms with Crippen molar-refractivity contribution in [2.75, 3.05) is 22.5 Å². The first-order valence-electron chi connectivity index (χ1n) is 6.22. The number of anilines is 3. The molecule has 2 rings (SSSR count). The fraction of sp³-hybridized carbons (Fsp3) is 0.154. The quantitative estimate of drug-likeness (QED) is 0.560. The molecule has 5 N–H and O–H groups in total. The molecule has 6 nitrogen and oxygen atoms in total. The van der Waals surface area contributed by atoms with Gasteiger partial charge in [-0.15, -0.1) is 0 Å². The lowest BCUT2D eigenvalue weighted by molar-refractivity contribution is -0.115. The molecule has 0 aliphatic rings. The molecule has 0 bridgehead atoms. The van der Waals surface area contributed by atoms with Crippen molar-refractivity contribution in [3.05, 3.63) is 34.3 Å². The van der Waals surface area contributed by atoms with Crippen LogP contribution in [0.15, 0.2) is 29.4 Å². The van der Waals surface area contributed by atoms with E-state index in [0.717, 1.165) is 0 Å². The van der Waals surface area contributed by atoms with Gasteiger partial charge in [-0.2, -0.15) is 0 Å².